The molecule has 0 saturated heterocycles. The number of nitrogens with two attached hydrogens (primary N) is 1. The summed E-state index contributed by atoms with van der Waals surface area (Å²) in [6.07, 6.45) is -0.834. The average molecular weight is 386 g/mol. The number of aliphatic hydroxyl groups excluding tert-OH is 1. The minimum Gasteiger partial charge on any atom is -0.443 e. The van der Waals surface area contributed by atoms with Crippen molar-refractivity contribution >= 4 is 6.09 Å². The SMILES string of the molecule is CC(C)(C)OC(=O)NN(Cc1ccccc1)CC(O)C(N)Cc1ccccc1. The Labute approximate surface area is 167 Å². The third kappa shape index (κ3) is 8.08. The van der Waals surface area contributed by atoms with E-state index < -0.39 is 23.8 Å². The highest BCUT2D eigenvalue weighted by Gasteiger charge is 2.23. The first-order valence-corrected chi connectivity index (χ1v) is 9.49. The largest absolute Gasteiger partial charge is 0.443 e. The molecule has 6 nitrogen and oxygen atoms in total. The maximum Gasteiger partial charge on any atom is 0.422 e. The monoisotopic (exact) mass is 385 g/mol. The van der Waals surface area contributed by atoms with Gasteiger partial charge in [0.1, 0.15) is 5.60 Å². The van der Waals surface area contributed by atoms with E-state index in [-0.39, 0.29) is 6.54 Å². The van der Waals surface area contributed by atoms with Crippen molar-refractivity contribution in [3.8, 4) is 0 Å². The molecule has 6 heteroatoms. The van der Waals surface area contributed by atoms with E-state index in [2.05, 4.69) is 5.43 Å². The summed E-state index contributed by atoms with van der Waals surface area (Å²) >= 11 is 0. The smallest absolute Gasteiger partial charge is 0.422 e. The van der Waals surface area contributed by atoms with Gasteiger partial charge in [0.2, 0.25) is 0 Å². The van der Waals surface area contributed by atoms with E-state index in [0.29, 0.717) is 13.0 Å². The topological polar surface area (TPSA) is 87.8 Å². The summed E-state index contributed by atoms with van der Waals surface area (Å²) in [5.41, 5.74) is 10.4. The first-order valence-electron chi connectivity index (χ1n) is 9.49. The van der Waals surface area contributed by atoms with Gasteiger partial charge in [-0.05, 0) is 38.3 Å². The zero-order valence-corrected chi connectivity index (χ0v) is 16.8. The molecule has 0 spiro atoms. The Balaban J connectivity index is 2.01. The van der Waals surface area contributed by atoms with E-state index in [4.69, 9.17) is 10.5 Å². The quantitative estimate of drug-likeness (QED) is 0.608. The number of rotatable bonds is 8. The summed E-state index contributed by atoms with van der Waals surface area (Å²) in [6.45, 7) is 6.02. The molecule has 2 aromatic rings. The van der Waals surface area contributed by atoms with Gasteiger partial charge in [-0.1, -0.05) is 60.7 Å². The number of carbonyl (C=O) groups is 1. The fraction of sp³-hybridized carbons (Fsp3) is 0.409. The summed E-state index contributed by atoms with van der Waals surface area (Å²) in [4.78, 5) is 12.2. The molecule has 4 N–H and O–H groups in total. The van der Waals surface area contributed by atoms with Gasteiger partial charge in [-0.2, -0.15) is 0 Å². The molecule has 2 rings (SSSR count). The van der Waals surface area contributed by atoms with Crippen LogP contribution in [0.2, 0.25) is 0 Å². The van der Waals surface area contributed by atoms with Gasteiger partial charge >= 0.3 is 6.09 Å². The third-order valence-corrected chi connectivity index (χ3v) is 4.08. The highest BCUT2D eigenvalue weighted by molar-refractivity contribution is 5.67. The van der Waals surface area contributed by atoms with Crippen LogP contribution in [0.1, 0.15) is 31.9 Å². The number of aliphatic hydroxyl groups is 1. The summed E-state index contributed by atoms with van der Waals surface area (Å²) < 4.78 is 5.34. The predicted octanol–water partition coefficient (Wildman–Crippen LogP) is 2.86. The van der Waals surface area contributed by atoms with Gasteiger partial charge in [-0.25, -0.2) is 9.80 Å². The summed E-state index contributed by atoms with van der Waals surface area (Å²) in [5, 5.41) is 12.3. The molecule has 2 aromatic carbocycles. The number of ether oxygens (including phenoxy) is 1. The Morgan fingerprint density at radius 3 is 2.14 bits per heavy atom. The Kier molecular flexibility index (Phi) is 7.99. The van der Waals surface area contributed by atoms with Gasteiger partial charge in [0.05, 0.1) is 6.10 Å². The lowest BCUT2D eigenvalue weighted by Gasteiger charge is -2.29. The van der Waals surface area contributed by atoms with Crippen LogP contribution >= 0.6 is 0 Å². The number of hydrogen-bond acceptors (Lipinski definition) is 5. The predicted molar refractivity (Wildman–Crippen MR) is 110 cm³/mol. The second-order valence-corrected chi connectivity index (χ2v) is 7.90. The molecule has 152 valence electrons. The van der Waals surface area contributed by atoms with E-state index in [1.165, 1.54) is 0 Å². The van der Waals surface area contributed by atoms with Crippen molar-refractivity contribution in [2.45, 2.75) is 51.5 Å². The summed E-state index contributed by atoms with van der Waals surface area (Å²) in [5.74, 6) is 0. The van der Waals surface area contributed by atoms with E-state index >= 15 is 0 Å². The molecule has 0 aliphatic rings. The normalized spacial score (nSPS) is 13.8. The lowest BCUT2D eigenvalue weighted by atomic mass is 10.0. The standard InChI is InChI=1S/C22H31N3O3/c1-22(2,3)28-21(27)24-25(15-18-12-8-5-9-13-18)16-20(26)19(23)14-17-10-6-4-7-11-17/h4-13,19-20,26H,14-16,23H2,1-3H3,(H,24,27). The molecule has 0 saturated carbocycles. The third-order valence-electron chi connectivity index (χ3n) is 4.08. The molecule has 2 atom stereocenters. The molecular formula is C22H31N3O3. The van der Waals surface area contributed by atoms with Crippen LogP contribution in [0.25, 0.3) is 0 Å². The average Bonchev–Trinajstić information content (AvgIpc) is 2.61. The molecule has 0 aromatic heterocycles. The van der Waals surface area contributed by atoms with Crippen molar-refractivity contribution in [1.82, 2.24) is 10.4 Å². The van der Waals surface area contributed by atoms with Gasteiger partial charge in [0.25, 0.3) is 0 Å². The van der Waals surface area contributed by atoms with Crippen LogP contribution in [0.5, 0.6) is 0 Å². The minimum atomic E-state index is -0.821. The van der Waals surface area contributed by atoms with Crippen LogP contribution in [0.3, 0.4) is 0 Å². The Morgan fingerprint density at radius 2 is 1.61 bits per heavy atom. The minimum absolute atomic E-state index is 0.183. The highest BCUT2D eigenvalue weighted by atomic mass is 16.6. The number of carbonyl (C=O) groups excluding carboxylic acids is 1. The van der Waals surface area contributed by atoms with Crippen molar-refractivity contribution in [3.05, 3.63) is 71.8 Å². The van der Waals surface area contributed by atoms with Crippen molar-refractivity contribution in [3.63, 3.8) is 0 Å². The van der Waals surface area contributed by atoms with Gasteiger partial charge in [-0.15, -0.1) is 0 Å². The fourth-order valence-corrected chi connectivity index (χ4v) is 2.77. The van der Waals surface area contributed by atoms with Gasteiger partial charge in [-0.3, -0.25) is 5.43 Å². The summed E-state index contributed by atoms with van der Waals surface area (Å²) in [7, 11) is 0. The van der Waals surface area contributed by atoms with Crippen LogP contribution in [-0.2, 0) is 17.7 Å². The molecule has 28 heavy (non-hydrogen) atoms. The molecular weight excluding hydrogens is 354 g/mol. The molecule has 0 bridgehead atoms. The van der Waals surface area contributed by atoms with Crippen LogP contribution in [-0.4, -0.2) is 40.5 Å². The lowest BCUT2D eigenvalue weighted by Crippen LogP contribution is -2.51. The Bertz CT molecular complexity index is 717. The molecule has 0 radical (unpaired) electrons. The van der Waals surface area contributed by atoms with Gasteiger partial charge in [0.15, 0.2) is 0 Å². The molecule has 1 amide bonds. The first kappa shape index (κ1) is 21.9. The van der Waals surface area contributed by atoms with E-state index in [1.54, 1.807) is 25.8 Å². The lowest BCUT2D eigenvalue weighted by molar-refractivity contribution is 0.0171. The number of hydrazine groups is 1. The number of nitrogens with one attached hydrogen (secondary N) is 1. The fourth-order valence-electron chi connectivity index (χ4n) is 2.77. The molecule has 0 aliphatic carbocycles. The molecule has 0 fully saturated rings. The number of nitrogens with zero attached hydrogens (tertiary/aromatic N) is 1. The maximum absolute atomic E-state index is 12.2. The van der Waals surface area contributed by atoms with Gasteiger partial charge in [0, 0.05) is 19.1 Å². The first-order chi connectivity index (χ1) is 13.2. The van der Waals surface area contributed by atoms with Crippen LogP contribution in [0.4, 0.5) is 4.79 Å². The van der Waals surface area contributed by atoms with E-state index in [1.807, 2.05) is 60.7 Å². The number of benzene rings is 2. The van der Waals surface area contributed by atoms with E-state index in [9.17, 15) is 9.90 Å². The van der Waals surface area contributed by atoms with Gasteiger partial charge < -0.3 is 15.6 Å². The summed E-state index contributed by atoms with van der Waals surface area (Å²) in [6, 6.07) is 19.0. The molecule has 0 heterocycles. The van der Waals surface area contributed by atoms with Crippen LogP contribution < -0.4 is 11.2 Å². The zero-order valence-electron chi connectivity index (χ0n) is 16.8. The van der Waals surface area contributed by atoms with Crippen molar-refractivity contribution in [2.75, 3.05) is 6.54 Å². The second kappa shape index (κ2) is 10.2. The molecule has 0 aliphatic heterocycles. The Hall–Kier alpha value is -2.41. The molecule has 2 unspecified atom stereocenters. The van der Waals surface area contributed by atoms with E-state index in [0.717, 1.165) is 11.1 Å². The number of amides is 1. The van der Waals surface area contributed by atoms with Crippen molar-refractivity contribution < 1.29 is 14.6 Å². The second-order valence-electron chi connectivity index (χ2n) is 7.90. The zero-order chi connectivity index (χ0) is 20.6. The van der Waals surface area contributed by atoms with Crippen molar-refractivity contribution in [2.24, 2.45) is 5.73 Å². The maximum atomic E-state index is 12.2. The van der Waals surface area contributed by atoms with Crippen molar-refractivity contribution in [1.29, 1.82) is 0 Å². The van der Waals surface area contributed by atoms with Crippen LogP contribution in [0, 0.1) is 0 Å². The highest BCUT2D eigenvalue weighted by Crippen LogP contribution is 2.10. The number of hydrogen-bond donors (Lipinski definition) is 3. The Morgan fingerprint density at radius 1 is 1.07 bits per heavy atom. The van der Waals surface area contributed by atoms with Crippen LogP contribution in [0.15, 0.2) is 60.7 Å².